The van der Waals surface area contributed by atoms with E-state index in [1.165, 1.54) is 11.9 Å². The fourth-order valence-electron chi connectivity index (χ4n) is 1.12. The van der Waals surface area contributed by atoms with Crippen molar-refractivity contribution in [2.24, 2.45) is 0 Å². The minimum Gasteiger partial charge on any atom is -0.338 e. The van der Waals surface area contributed by atoms with Crippen molar-refractivity contribution in [2.75, 3.05) is 12.8 Å². The fraction of sp³-hybridized carbons (Fsp3) is 0.400. The summed E-state index contributed by atoms with van der Waals surface area (Å²) in [6, 6.07) is 3.48. The van der Waals surface area contributed by atoms with Crippen molar-refractivity contribution < 1.29 is 4.79 Å². The van der Waals surface area contributed by atoms with Gasteiger partial charge in [0.1, 0.15) is 5.15 Å². The van der Waals surface area contributed by atoms with Crippen LogP contribution in [0.4, 0.5) is 4.79 Å². The van der Waals surface area contributed by atoms with Crippen molar-refractivity contribution in [1.82, 2.24) is 14.6 Å². The lowest BCUT2D eigenvalue weighted by Gasteiger charge is -2.19. The maximum atomic E-state index is 11.6. The van der Waals surface area contributed by atoms with Crippen molar-refractivity contribution in [3.8, 4) is 0 Å². The largest absolute Gasteiger partial charge is 0.338 e. The fourth-order valence-corrected chi connectivity index (χ4v) is 1.74. The van der Waals surface area contributed by atoms with Crippen LogP contribution in [0, 0.1) is 0 Å². The molecule has 1 N–H and O–H groups in total. The first-order valence-electron chi connectivity index (χ1n) is 4.87. The van der Waals surface area contributed by atoms with Gasteiger partial charge < -0.3 is 5.32 Å². The Balaban J connectivity index is 2.62. The third kappa shape index (κ3) is 3.90. The first-order valence-corrected chi connectivity index (χ1v) is 6.43. The Morgan fingerprint density at radius 1 is 1.62 bits per heavy atom. The van der Waals surface area contributed by atoms with Crippen molar-refractivity contribution >= 4 is 29.6 Å². The van der Waals surface area contributed by atoms with E-state index < -0.39 is 0 Å². The van der Waals surface area contributed by atoms with Crippen LogP contribution >= 0.6 is 23.5 Å². The molecular weight excluding hydrogens is 246 g/mol. The van der Waals surface area contributed by atoms with E-state index in [-0.39, 0.29) is 6.03 Å². The van der Waals surface area contributed by atoms with Crippen molar-refractivity contribution in [2.45, 2.75) is 13.5 Å². The molecule has 16 heavy (non-hydrogen) atoms. The quantitative estimate of drug-likeness (QED) is 0.668. The molecule has 0 saturated heterocycles. The predicted molar refractivity (Wildman–Crippen MR) is 67.4 cm³/mol. The molecule has 0 unspecified atom stereocenters. The second-order valence-corrected chi connectivity index (χ2v) is 4.24. The molecule has 6 heteroatoms. The average molecular weight is 260 g/mol. The molecular formula is C10H14ClN3OS. The predicted octanol–water partition coefficient (Wildman–Crippen LogP) is 2.54. The highest BCUT2D eigenvalue weighted by atomic mass is 35.5. The normalized spacial score (nSPS) is 9.94. The van der Waals surface area contributed by atoms with E-state index >= 15 is 0 Å². The van der Waals surface area contributed by atoms with Crippen LogP contribution in [-0.2, 0) is 6.54 Å². The van der Waals surface area contributed by atoms with Crippen LogP contribution in [0.3, 0.4) is 0 Å². The van der Waals surface area contributed by atoms with Gasteiger partial charge in [0.15, 0.2) is 0 Å². The van der Waals surface area contributed by atoms with Gasteiger partial charge in [-0.2, -0.15) is 0 Å². The molecule has 0 aliphatic carbocycles. The summed E-state index contributed by atoms with van der Waals surface area (Å²) in [5.74, 6) is 0. The molecule has 2 amide bonds. The smallest absolute Gasteiger partial charge is 0.327 e. The maximum Gasteiger partial charge on any atom is 0.327 e. The number of nitrogens with zero attached hydrogens (tertiary/aromatic N) is 2. The van der Waals surface area contributed by atoms with Gasteiger partial charge in [0.25, 0.3) is 0 Å². The number of rotatable bonds is 4. The summed E-state index contributed by atoms with van der Waals surface area (Å²) in [4.78, 5) is 15.6. The lowest BCUT2D eigenvalue weighted by atomic mass is 10.3. The summed E-state index contributed by atoms with van der Waals surface area (Å²) in [5, 5.41) is 3.20. The lowest BCUT2D eigenvalue weighted by molar-refractivity contribution is 0.225. The number of hydrogen-bond donors (Lipinski definition) is 1. The number of urea groups is 1. The number of hydrogen-bond acceptors (Lipinski definition) is 3. The first kappa shape index (κ1) is 13.1. The van der Waals surface area contributed by atoms with Gasteiger partial charge in [0.05, 0.1) is 6.54 Å². The maximum absolute atomic E-state index is 11.6. The summed E-state index contributed by atoms with van der Waals surface area (Å²) in [5.41, 5.74) is 0.949. The molecule has 1 aromatic rings. The monoisotopic (exact) mass is 259 g/mol. The molecule has 0 aliphatic rings. The molecule has 1 rings (SSSR count). The number of halogens is 1. The van der Waals surface area contributed by atoms with Crippen molar-refractivity contribution in [3.05, 3.63) is 29.0 Å². The number of amides is 2. The second kappa shape index (κ2) is 6.60. The van der Waals surface area contributed by atoms with Gasteiger partial charge in [0.2, 0.25) is 0 Å². The van der Waals surface area contributed by atoms with Gasteiger partial charge in [-0.25, -0.2) is 9.78 Å². The Bertz CT molecular complexity index is 344. The van der Waals surface area contributed by atoms with E-state index in [0.717, 1.165) is 5.56 Å². The minimum absolute atomic E-state index is 0.0926. The second-order valence-electron chi connectivity index (χ2n) is 3.04. The van der Waals surface area contributed by atoms with Crippen molar-refractivity contribution in [3.63, 3.8) is 0 Å². The van der Waals surface area contributed by atoms with Crippen LogP contribution in [0.5, 0.6) is 0 Å². The van der Waals surface area contributed by atoms with Crippen molar-refractivity contribution in [1.29, 1.82) is 0 Å². The average Bonchev–Trinajstić information content (AvgIpc) is 2.28. The van der Waals surface area contributed by atoms with E-state index in [2.05, 4.69) is 10.3 Å². The number of carbonyl (C=O) groups excluding carboxylic acids is 1. The molecule has 88 valence electrons. The Labute approximate surface area is 105 Å². The Morgan fingerprint density at radius 2 is 2.38 bits per heavy atom. The third-order valence-corrected chi connectivity index (χ3v) is 2.85. The molecule has 1 heterocycles. The minimum atomic E-state index is -0.0926. The number of carbonyl (C=O) groups is 1. The summed E-state index contributed by atoms with van der Waals surface area (Å²) < 4.78 is 1.63. The molecule has 0 fully saturated rings. The van der Waals surface area contributed by atoms with E-state index in [4.69, 9.17) is 11.6 Å². The summed E-state index contributed by atoms with van der Waals surface area (Å²) in [6.45, 7) is 3.02. The topological polar surface area (TPSA) is 45.2 Å². The molecule has 0 aliphatic heterocycles. The zero-order valence-electron chi connectivity index (χ0n) is 9.24. The van der Waals surface area contributed by atoms with Gasteiger partial charge in [-0.1, -0.05) is 17.7 Å². The van der Waals surface area contributed by atoms with Crippen LogP contribution in [0.15, 0.2) is 18.3 Å². The number of nitrogens with one attached hydrogen (secondary N) is 1. The van der Waals surface area contributed by atoms with Gasteiger partial charge >= 0.3 is 6.03 Å². The highest BCUT2D eigenvalue weighted by Gasteiger charge is 2.11. The summed E-state index contributed by atoms with van der Waals surface area (Å²) in [6.07, 6.45) is 3.53. The Kier molecular flexibility index (Phi) is 5.42. The first-order chi connectivity index (χ1) is 7.67. The molecule has 0 saturated carbocycles. The molecule has 0 atom stereocenters. The van der Waals surface area contributed by atoms with E-state index in [1.807, 2.05) is 19.2 Å². The van der Waals surface area contributed by atoms with Crippen LogP contribution in [0.25, 0.3) is 0 Å². The number of aromatic nitrogens is 1. The van der Waals surface area contributed by atoms with Crippen LogP contribution in [0.1, 0.15) is 12.5 Å². The van der Waals surface area contributed by atoms with Gasteiger partial charge in [-0.05, 0) is 30.5 Å². The lowest BCUT2D eigenvalue weighted by Crippen LogP contribution is -2.34. The summed E-state index contributed by atoms with van der Waals surface area (Å²) in [7, 11) is 0. The molecule has 0 radical (unpaired) electrons. The van der Waals surface area contributed by atoms with Crippen LogP contribution in [0.2, 0.25) is 5.15 Å². The Hall–Kier alpha value is -0.940. The SMILES string of the molecule is CCNC(=O)N(Cc1ccc(Cl)nc1)SC. The van der Waals surface area contributed by atoms with Gasteiger partial charge in [0, 0.05) is 19.0 Å². The zero-order valence-corrected chi connectivity index (χ0v) is 10.8. The standard InChI is InChI=1S/C10H14ClN3OS/c1-3-12-10(15)14(16-2)7-8-4-5-9(11)13-6-8/h4-6H,3,7H2,1-2H3,(H,12,15). The molecule has 0 aromatic carbocycles. The molecule has 0 spiro atoms. The molecule has 1 aromatic heterocycles. The van der Waals surface area contributed by atoms with E-state index in [9.17, 15) is 4.79 Å². The van der Waals surface area contributed by atoms with E-state index in [0.29, 0.717) is 18.2 Å². The molecule has 4 nitrogen and oxygen atoms in total. The van der Waals surface area contributed by atoms with Gasteiger partial charge in [-0.15, -0.1) is 0 Å². The Morgan fingerprint density at radius 3 is 2.88 bits per heavy atom. The number of pyridine rings is 1. The van der Waals surface area contributed by atoms with Crippen LogP contribution in [-0.4, -0.2) is 28.1 Å². The van der Waals surface area contributed by atoms with E-state index in [1.54, 1.807) is 16.6 Å². The van der Waals surface area contributed by atoms with Gasteiger partial charge in [-0.3, -0.25) is 4.31 Å². The van der Waals surface area contributed by atoms with Crippen LogP contribution < -0.4 is 5.32 Å². The third-order valence-electron chi connectivity index (χ3n) is 1.89. The highest BCUT2D eigenvalue weighted by Crippen LogP contribution is 2.13. The zero-order chi connectivity index (χ0) is 12.0. The summed E-state index contributed by atoms with van der Waals surface area (Å²) >= 11 is 7.06. The molecule has 0 bridgehead atoms. The highest BCUT2D eigenvalue weighted by molar-refractivity contribution is 7.96.